The van der Waals surface area contributed by atoms with Gasteiger partial charge in [0, 0.05) is 22.0 Å². The van der Waals surface area contributed by atoms with Gasteiger partial charge in [-0.15, -0.1) is 11.3 Å². The van der Waals surface area contributed by atoms with Gasteiger partial charge >= 0.3 is 5.97 Å². The van der Waals surface area contributed by atoms with Gasteiger partial charge in [0.2, 0.25) is 5.91 Å². The van der Waals surface area contributed by atoms with E-state index in [1.807, 2.05) is 32.0 Å². The maximum Gasteiger partial charge on any atom is 0.348 e. The van der Waals surface area contributed by atoms with Crippen molar-refractivity contribution in [2.75, 3.05) is 4.90 Å². The van der Waals surface area contributed by atoms with Crippen LogP contribution in [0.4, 0.5) is 10.1 Å². The Morgan fingerprint density at radius 3 is 2.31 bits per heavy atom. The molecule has 0 unspecified atom stereocenters. The summed E-state index contributed by atoms with van der Waals surface area (Å²) in [6, 6.07) is 11.7. The van der Waals surface area contributed by atoms with Gasteiger partial charge in [-0.2, -0.15) is 0 Å². The summed E-state index contributed by atoms with van der Waals surface area (Å²) in [6.45, 7) is 6.08. The molecular formula is C26H28FNO3S. The number of nitrogens with zero attached hydrogens (tertiary/aromatic N) is 1. The van der Waals surface area contributed by atoms with Gasteiger partial charge in [-0.3, -0.25) is 4.79 Å². The predicted molar refractivity (Wildman–Crippen MR) is 128 cm³/mol. The highest BCUT2D eigenvalue weighted by Crippen LogP contribution is 2.45. The summed E-state index contributed by atoms with van der Waals surface area (Å²) in [5, 5.41) is 10.8. The molecular weight excluding hydrogens is 425 g/mol. The van der Waals surface area contributed by atoms with Crippen molar-refractivity contribution in [1.29, 1.82) is 0 Å². The molecule has 2 aromatic carbocycles. The van der Waals surface area contributed by atoms with E-state index in [9.17, 15) is 19.1 Å². The van der Waals surface area contributed by atoms with E-state index in [0.29, 0.717) is 11.6 Å². The number of fused-ring (bicyclic) bond motifs is 1. The molecule has 1 aromatic heterocycles. The van der Waals surface area contributed by atoms with Crippen LogP contribution in [0.5, 0.6) is 0 Å². The lowest BCUT2D eigenvalue weighted by Gasteiger charge is -2.33. The van der Waals surface area contributed by atoms with Crippen LogP contribution in [0.1, 0.15) is 56.1 Å². The lowest BCUT2D eigenvalue weighted by Crippen LogP contribution is -2.42. The Hall–Kier alpha value is -2.73. The zero-order chi connectivity index (χ0) is 23.0. The van der Waals surface area contributed by atoms with Crippen LogP contribution >= 0.6 is 11.3 Å². The van der Waals surface area contributed by atoms with Crippen LogP contribution in [0.15, 0.2) is 42.5 Å². The fraction of sp³-hybridized carbons (Fsp3) is 0.385. The summed E-state index contributed by atoms with van der Waals surface area (Å²) >= 11 is 1.18. The van der Waals surface area contributed by atoms with Crippen molar-refractivity contribution >= 4 is 39.0 Å². The van der Waals surface area contributed by atoms with Crippen molar-refractivity contribution in [1.82, 2.24) is 0 Å². The standard InChI is InChI=1S/C26H28FNO3S/c1-15(2)28(25(29)18-9-7-16(3)8-10-18)22-21-6-4-5-20(17-11-13-19(27)14-12-17)23(21)32-24(22)26(30)31/h4-6,11-16,18H,7-10H2,1-3H3,(H,30,31). The molecule has 1 fully saturated rings. The summed E-state index contributed by atoms with van der Waals surface area (Å²) in [5.41, 5.74) is 2.13. The zero-order valence-electron chi connectivity index (χ0n) is 18.6. The summed E-state index contributed by atoms with van der Waals surface area (Å²) in [5.74, 6) is -0.799. The van der Waals surface area contributed by atoms with E-state index in [-0.39, 0.29) is 28.6 Å². The molecule has 1 N–H and O–H groups in total. The molecule has 0 saturated heterocycles. The highest BCUT2D eigenvalue weighted by Gasteiger charge is 2.34. The molecule has 0 radical (unpaired) electrons. The molecule has 1 heterocycles. The Morgan fingerprint density at radius 1 is 1.06 bits per heavy atom. The van der Waals surface area contributed by atoms with E-state index in [0.717, 1.165) is 46.9 Å². The Bertz CT molecular complexity index is 1140. The second kappa shape index (κ2) is 9.02. The van der Waals surface area contributed by atoms with Crippen LogP contribution in [0, 0.1) is 17.7 Å². The van der Waals surface area contributed by atoms with Crippen LogP contribution in [0.2, 0.25) is 0 Å². The Balaban J connectivity index is 1.87. The van der Waals surface area contributed by atoms with E-state index in [1.165, 1.54) is 23.5 Å². The fourth-order valence-corrected chi connectivity index (χ4v) is 5.84. The lowest BCUT2D eigenvalue weighted by molar-refractivity contribution is -0.123. The van der Waals surface area contributed by atoms with E-state index in [1.54, 1.807) is 17.0 Å². The van der Waals surface area contributed by atoms with Crippen molar-refractivity contribution in [3.8, 4) is 11.1 Å². The van der Waals surface area contributed by atoms with Crippen LogP contribution in [-0.4, -0.2) is 23.0 Å². The molecule has 0 bridgehead atoms. The molecule has 1 amide bonds. The molecule has 6 heteroatoms. The molecule has 1 saturated carbocycles. The normalized spacial score (nSPS) is 18.8. The minimum Gasteiger partial charge on any atom is -0.477 e. The molecule has 4 nitrogen and oxygen atoms in total. The number of benzene rings is 2. The second-order valence-electron chi connectivity index (χ2n) is 9.03. The number of hydrogen-bond acceptors (Lipinski definition) is 3. The summed E-state index contributed by atoms with van der Waals surface area (Å²) in [6.07, 6.45) is 3.73. The maximum atomic E-state index is 13.7. The third kappa shape index (κ3) is 4.16. The minimum atomic E-state index is -1.04. The number of thiophene rings is 1. The molecule has 0 atom stereocenters. The first-order chi connectivity index (χ1) is 15.3. The predicted octanol–water partition coefficient (Wildman–Crippen LogP) is 6.97. The van der Waals surface area contributed by atoms with Crippen molar-refractivity contribution in [3.05, 3.63) is 53.2 Å². The first-order valence-corrected chi connectivity index (χ1v) is 12.0. The van der Waals surface area contributed by atoms with E-state index >= 15 is 0 Å². The number of anilines is 1. The third-order valence-corrected chi connectivity index (χ3v) is 7.61. The smallest absolute Gasteiger partial charge is 0.348 e. The average Bonchev–Trinajstić information content (AvgIpc) is 3.14. The monoisotopic (exact) mass is 453 g/mol. The number of amides is 1. The highest BCUT2D eigenvalue weighted by atomic mass is 32.1. The number of carboxylic acid groups (broad SMARTS) is 1. The Morgan fingerprint density at radius 2 is 1.72 bits per heavy atom. The van der Waals surface area contributed by atoms with Crippen molar-refractivity contribution < 1.29 is 19.1 Å². The zero-order valence-corrected chi connectivity index (χ0v) is 19.4. The number of carbonyl (C=O) groups is 2. The van der Waals surface area contributed by atoms with E-state index in [4.69, 9.17) is 0 Å². The molecule has 0 aliphatic heterocycles. The number of rotatable bonds is 5. The first-order valence-electron chi connectivity index (χ1n) is 11.2. The molecule has 32 heavy (non-hydrogen) atoms. The highest BCUT2D eigenvalue weighted by molar-refractivity contribution is 7.22. The van der Waals surface area contributed by atoms with Gasteiger partial charge in [0.1, 0.15) is 10.7 Å². The molecule has 168 valence electrons. The van der Waals surface area contributed by atoms with E-state index < -0.39 is 5.97 Å². The number of hydrogen-bond donors (Lipinski definition) is 1. The summed E-state index contributed by atoms with van der Waals surface area (Å²) < 4.78 is 14.2. The number of carboxylic acids is 1. The van der Waals surface area contributed by atoms with E-state index in [2.05, 4.69) is 6.92 Å². The molecule has 1 aliphatic rings. The van der Waals surface area contributed by atoms with Gasteiger partial charge in [-0.05, 0) is 68.7 Å². The van der Waals surface area contributed by atoms with Crippen LogP contribution in [-0.2, 0) is 4.79 Å². The van der Waals surface area contributed by atoms with Crippen molar-refractivity contribution in [2.24, 2.45) is 11.8 Å². The number of carbonyl (C=O) groups excluding carboxylic acids is 1. The van der Waals surface area contributed by atoms with Crippen molar-refractivity contribution in [3.63, 3.8) is 0 Å². The Labute approximate surface area is 191 Å². The summed E-state index contributed by atoms with van der Waals surface area (Å²) in [4.78, 5) is 27.8. The van der Waals surface area contributed by atoms with Crippen LogP contribution in [0.25, 0.3) is 21.2 Å². The first kappa shape index (κ1) is 22.5. The Kier molecular flexibility index (Phi) is 6.33. The SMILES string of the molecule is CC1CCC(C(=O)N(c2c(C(=O)O)sc3c(-c4ccc(F)cc4)cccc23)C(C)C)CC1. The van der Waals surface area contributed by atoms with Gasteiger partial charge in [0.05, 0.1) is 5.69 Å². The van der Waals surface area contributed by atoms with Gasteiger partial charge in [0.25, 0.3) is 0 Å². The van der Waals surface area contributed by atoms with Crippen LogP contribution < -0.4 is 4.90 Å². The van der Waals surface area contributed by atoms with Gasteiger partial charge in [-0.25, -0.2) is 9.18 Å². The van der Waals surface area contributed by atoms with Crippen molar-refractivity contribution in [2.45, 2.75) is 52.5 Å². The van der Waals surface area contributed by atoms with Gasteiger partial charge < -0.3 is 10.0 Å². The molecule has 1 aliphatic carbocycles. The van der Waals surface area contributed by atoms with Gasteiger partial charge in [-0.1, -0.05) is 37.3 Å². The topological polar surface area (TPSA) is 57.6 Å². The molecule has 0 spiro atoms. The minimum absolute atomic E-state index is 0.0151. The largest absolute Gasteiger partial charge is 0.477 e. The second-order valence-corrected chi connectivity index (χ2v) is 10.1. The van der Waals surface area contributed by atoms with Gasteiger partial charge in [0.15, 0.2) is 0 Å². The number of halogens is 1. The quantitative estimate of drug-likeness (QED) is 0.454. The summed E-state index contributed by atoms with van der Waals surface area (Å²) in [7, 11) is 0. The molecule has 4 rings (SSSR count). The fourth-order valence-electron chi connectivity index (χ4n) is 4.67. The third-order valence-electron chi connectivity index (χ3n) is 6.40. The lowest BCUT2D eigenvalue weighted by atomic mass is 9.82. The molecule has 3 aromatic rings. The maximum absolute atomic E-state index is 13.7. The number of aromatic carboxylic acids is 1. The average molecular weight is 454 g/mol. The van der Waals surface area contributed by atoms with Crippen LogP contribution in [0.3, 0.4) is 0 Å².